The molecule has 1 aliphatic rings. The van der Waals surface area contributed by atoms with Crippen LogP contribution in [0.5, 0.6) is 0 Å². The molecular formula is C12H16. The second-order valence-corrected chi connectivity index (χ2v) is 4.01. The van der Waals surface area contributed by atoms with Crippen LogP contribution in [0.3, 0.4) is 0 Å². The SMILES string of the molecule is C[C@H]1CC[C@H](C)c2ccccc21. The smallest absolute Gasteiger partial charge is 0.0187 e. The third-order valence-corrected chi connectivity index (χ3v) is 3.09. The van der Waals surface area contributed by atoms with Crippen molar-refractivity contribution in [2.24, 2.45) is 0 Å². The van der Waals surface area contributed by atoms with E-state index < -0.39 is 0 Å². The lowest BCUT2D eigenvalue weighted by Crippen LogP contribution is -2.09. The number of hydrogen-bond acceptors (Lipinski definition) is 0. The quantitative estimate of drug-likeness (QED) is 0.543. The van der Waals surface area contributed by atoms with Gasteiger partial charge in [0, 0.05) is 0 Å². The number of fused-ring (bicyclic) bond motifs is 1. The van der Waals surface area contributed by atoms with Gasteiger partial charge in [0.05, 0.1) is 0 Å². The monoisotopic (exact) mass is 160 g/mol. The summed E-state index contributed by atoms with van der Waals surface area (Å²) in [5.74, 6) is 1.55. The molecule has 0 heterocycles. The molecule has 2 rings (SSSR count). The average molecular weight is 160 g/mol. The van der Waals surface area contributed by atoms with E-state index in [1.807, 2.05) is 0 Å². The standard InChI is InChI=1S/C12H16/c1-9-7-8-10(2)12-6-4-3-5-11(9)12/h3-6,9-10H,7-8H2,1-2H3/t9-,10-/m0/s1. The summed E-state index contributed by atoms with van der Waals surface area (Å²) in [5, 5.41) is 0. The zero-order valence-corrected chi connectivity index (χ0v) is 7.88. The Kier molecular flexibility index (Phi) is 1.92. The normalized spacial score (nSPS) is 28.2. The van der Waals surface area contributed by atoms with Crippen LogP contribution in [0.25, 0.3) is 0 Å². The highest BCUT2D eigenvalue weighted by Gasteiger charge is 2.20. The highest BCUT2D eigenvalue weighted by molar-refractivity contribution is 5.34. The molecule has 0 amide bonds. The molecule has 0 bridgehead atoms. The zero-order chi connectivity index (χ0) is 8.55. The molecule has 0 heteroatoms. The molecule has 0 aliphatic heterocycles. The third-order valence-electron chi connectivity index (χ3n) is 3.09. The Hall–Kier alpha value is -0.780. The van der Waals surface area contributed by atoms with Crippen LogP contribution in [0, 0.1) is 0 Å². The summed E-state index contributed by atoms with van der Waals surface area (Å²) in [6.07, 6.45) is 2.72. The van der Waals surface area contributed by atoms with Crippen molar-refractivity contribution in [1.82, 2.24) is 0 Å². The molecule has 0 N–H and O–H groups in total. The zero-order valence-electron chi connectivity index (χ0n) is 7.88. The fourth-order valence-corrected chi connectivity index (χ4v) is 2.22. The Balaban J connectivity index is 2.47. The largest absolute Gasteiger partial charge is 0.0620 e. The Bertz CT molecular complexity index is 246. The van der Waals surface area contributed by atoms with E-state index in [1.165, 1.54) is 12.8 Å². The molecule has 0 fully saturated rings. The van der Waals surface area contributed by atoms with Gasteiger partial charge in [0.25, 0.3) is 0 Å². The second-order valence-electron chi connectivity index (χ2n) is 4.01. The Morgan fingerprint density at radius 2 is 1.33 bits per heavy atom. The molecule has 1 aromatic carbocycles. The highest BCUT2D eigenvalue weighted by atomic mass is 14.2. The van der Waals surface area contributed by atoms with Crippen LogP contribution in [-0.2, 0) is 0 Å². The topological polar surface area (TPSA) is 0 Å². The van der Waals surface area contributed by atoms with Crippen LogP contribution in [0.2, 0.25) is 0 Å². The van der Waals surface area contributed by atoms with Gasteiger partial charge in [0.15, 0.2) is 0 Å². The molecular weight excluding hydrogens is 144 g/mol. The van der Waals surface area contributed by atoms with Crippen LogP contribution in [0.4, 0.5) is 0 Å². The molecule has 0 radical (unpaired) electrons. The minimum atomic E-state index is 0.775. The molecule has 2 atom stereocenters. The lowest BCUT2D eigenvalue weighted by atomic mass is 9.78. The summed E-state index contributed by atoms with van der Waals surface area (Å²) in [5.41, 5.74) is 3.16. The van der Waals surface area contributed by atoms with E-state index in [9.17, 15) is 0 Å². The van der Waals surface area contributed by atoms with E-state index in [0.717, 1.165) is 11.8 Å². The molecule has 0 saturated heterocycles. The number of rotatable bonds is 0. The van der Waals surface area contributed by atoms with Gasteiger partial charge >= 0.3 is 0 Å². The molecule has 64 valence electrons. The van der Waals surface area contributed by atoms with Crippen LogP contribution in [0.15, 0.2) is 24.3 Å². The molecule has 0 unspecified atom stereocenters. The van der Waals surface area contributed by atoms with Crippen molar-refractivity contribution in [2.45, 2.75) is 38.5 Å². The second kappa shape index (κ2) is 2.93. The summed E-state index contributed by atoms with van der Waals surface area (Å²) in [7, 11) is 0. The first-order valence-electron chi connectivity index (χ1n) is 4.88. The van der Waals surface area contributed by atoms with Crippen molar-refractivity contribution < 1.29 is 0 Å². The van der Waals surface area contributed by atoms with E-state index in [2.05, 4.69) is 38.1 Å². The van der Waals surface area contributed by atoms with E-state index >= 15 is 0 Å². The van der Waals surface area contributed by atoms with Crippen molar-refractivity contribution >= 4 is 0 Å². The maximum Gasteiger partial charge on any atom is -0.0187 e. The van der Waals surface area contributed by atoms with Gasteiger partial charge in [-0.3, -0.25) is 0 Å². The van der Waals surface area contributed by atoms with Crippen LogP contribution < -0.4 is 0 Å². The van der Waals surface area contributed by atoms with E-state index in [4.69, 9.17) is 0 Å². The minimum absolute atomic E-state index is 0.775. The van der Waals surface area contributed by atoms with Gasteiger partial charge in [0.2, 0.25) is 0 Å². The maximum absolute atomic E-state index is 2.34. The van der Waals surface area contributed by atoms with E-state index in [1.54, 1.807) is 11.1 Å². The van der Waals surface area contributed by atoms with Gasteiger partial charge in [-0.1, -0.05) is 38.1 Å². The molecule has 0 aromatic heterocycles. The highest BCUT2D eigenvalue weighted by Crippen LogP contribution is 2.37. The van der Waals surface area contributed by atoms with Crippen molar-refractivity contribution in [3.63, 3.8) is 0 Å². The van der Waals surface area contributed by atoms with Crippen molar-refractivity contribution in [3.05, 3.63) is 35.4 Å². The lowest BCUT2D eigenvalue weighted by molar-refractivity contribution is 0.527. The van der Waals surface area contributed by atoms with Gasteiger partial charge < -0.3 is 0 Å². The lowest BCUT2D eigenvalue weighted by Gasteiger charge is -2.27. The first-order chi connectivity index (χ1) is 5.79. The first-order valence-corrected chi connectivity index (χ1v) is 4.88. The van der Waals surface area contributed by atoms with Gasteiger partial charge in [0.1, 0.15) is 0 Å². The Morgan fingerprint density at radius 1 is 0.917 bits per heavy atom. The summed E-state index contributed by atoms with van der Waals surface area (Å²) in [4.78, 5) is 0. The van der Waals surface area contributed by atoms with Crippen molar-refractivity contribution in [2.75, 3.05) is 0 Å². The van der Waals surface area contributed by atoms with Gasteiger partial charge in [-0.15, -0.1) is 0 Å². The molecule has 1 aromatic rings. The molecule has 0 nitrogen and oxygen atoms in total. The van der Waals surface area contributed by atoms with Gasteiger partial charge in [-0.2, -0.15) is 0 Å². The molecule has 12 heavy (non-hydrogen) atoms. The number of hydrogen-bond donors (Lipinski definition) is 0. The predicted molar refractivity (Wildman–Crippen MR) is 52.5 cm³/mol. The Labute approximate surface area is 74.6 Å². The van der Waals surface area contributed by atoms with E-state index in [-0.39, 0.29) is 0 Å². The fraction of sp³-hybridized carbons (Fsp3) is 0.500. The average Bonchev–Trinajstić information content (AvgIpc) is 2.12. The Morgan fingerprint density at radius 3 is 1.75 bits per heavy atom. The minimum Gasteiger partial charge on any atom is -0.0620 e. The first kappa shape index (κ1) is 7.85. The number of benzene rings is 1. The van der Waals surface area contributed by atoms with Crippen molar-refractivity contribution in [1.29, 1.82) is 0 Å². The van der Waals surface area contributed by atoms with Crippen LogP contribution >= 0.6 is 0 Å². The fourth-order valence-electron chi connectivity index (χ4n) is 2.22. The molecule has 0 spiro atoms. The van der Waals surface area contributed by atoms with Gasteiger partial charge in [-0.05, 0) is 35.8 Å². The summed E-state index contributed by atoms with van der Waals surface area (Å²) >= 11 is 0. The van der Waals surface area contributed by atoms with Crippen LogP contribution in [-0.4, -0.2) is 0 Å². The maximum atomic E-state index is 2.34. The predicted octanol–water partition coefficient (Wildman–Crippen LogP) is 3.69. The summed E-state index contributed by atoms with van der Waals surface area (Å²) in [6.45, 7) is 4.68. The third kappa shape index (κ3) is 1.16. The van der Waals surface area contributed by atoms with Crippen LogP contribution in [0.1, 0.15) is 49.7 Å². The summed E-state index contributed by atoms with van der Waals surface area (Å²) in [6, 6.07) is 8.89. The molecule has 1 aliphatic carbocycles. The summed E-state index contributed by atoms with van der Waals surface area (Å²) < 4.78 is 0. The van der Waals surface area contributed by atoms with E-state index in [0.29, 0.717) is 0 Å². The molecule has 0 saturated carbocycles. The van der Waals surface area contributed by atoms with Crippen molar-refractivity contribution in [3.8, 4) is 0 Å². The van der Waals surface area contributed by atoms with Gasteiger partial charge in [-0.25, -0.2) is 0 Å².